The van der Waals surface area contributed by atoms with Crippen molar-refractivity contribution in [3.8, 4) is 0 Å². The average molecular weight is 355 g/mol. The molecule has 4 bridgehead atoms. The number of hydrogen-bond donors (Lipinski definition) is 1. The molecule has 0 aromatic heterocycles. The van der Waals surface area contributed by atoms with Crippen molar-refractivity contribution in [1.29, 1.82) is 0 Å². The van der Waals surface area contributed by atoms with Gasteiger partial charge in [0.15, 0.2) is 23.3 Å². The van der Waals surface area contributed by atoms with Crippen LogP contribution in [0, 0.1) is 45.4 Å². The van der Waals surface area contributed by atoms with Crippen molar-refractivity contribution in [2.45, 2.75) is 52.4 Å². The molecule has 1 N–H and O–H groups in total. The largest absolute Gasteiger partial charge is 0.321 e. The number of halogens is 4. The standard InChI is InChI=1S/C19H21F4NO/c1-17-4-10-5-18(2,7-17)9-19(6-10,8-17)16(25)24-15-13(22)11(20)3-12(21)14(15)23/h3,10H,4-9H2,1-2H3,(H,24,25)/t10?,17-,18-,19?/m1/s1. The molecular weight excluding hydrogens is 334 g/mol. The van der Waals surface area contributed by atoms with E-state index in [4.69, 9.17) is 0 Å². The van der Waals surface area contributed by atoms with Gasteiger partial charge in [0.2, 0.25) is 5.91 Å². The second-order valence-corrected chi connectivity index (χ2v) is 9.21. The molecule has 4 aliphatic rings. The van der Waals surface area contributed by atoms with Gasteiger partial charge in [0.25, 0.3) is 0 Å². The van der Waals surface area contributed by atoms with Gasteiger partial charge in [-0.3, -0.25) is 4.79 Å². The molecule has 1 aromatic rings. The first-order valence-corrected chi connectivity index (χ1v) is 8.69. The second kappa shape index (κ2) is 4.98. The zero-order chi connectivity index (χ0) is 18.2. The zero-order valence-electron chi connectivity index (χ0n) is 14.3. The zero-order valence-corrected chi connectivity index (χ0v) is 14.3. The SMILES string of the molecule is C[C@]12CC3CC(C(=O)Nc4c(F)c(F)cc(F)c4F)(C1)C[C@](C)(C3)C2. The summed E-state index contributed by atoms with van der Waals surface area (Å²) in [5.41, 5.74) is -1.66. The summed E-state index contributed by atoms with van der Waals surface area (Å²) >= 11 is 0. The highest BCUT2D eigenvalue weighted by Crippen LogP contribution is 2.69. The van der Waals surface area contributed by atoms with Gasteiger partial charge in [0.1, 0.15) is 5.69 Å². The van der Waals surface area contributed by atoms with Crippen LogP contribution < -0.4 is 5.32 Å². The van der Waals surface area contributed by atoms with Crippen molar-refractivity contribution in [2.75, 3.05) is 5.32 Å². The third-order valence-electron chi connectivity index (χ3n) is 6.46. The van der Waals surface area contributed by atoms with Crippen LogP contribution in [0.3, 0.4) is 0 Å². The highest BCUT2D eigenvalue weighted by Gasteiger charge is 2.62. The van der Waals surface area contributed by atoms with E-state index in [-0.39, 0.29) is 16.9 Å². The monoisotopic (exact) mass is 355 g/mol. The molecule has 6 heteroatoms. The summed E-state index contributed by atoms with van der Waals surface area (Å²) in [6.45, 7) is 4.33. The highest BCUT2D eigenvalue weighted by molar-refractivity contribution is 5.96. The summed E-state index contributed by atoms with van der Waals surface area (Å²) in [5, 5.41) is 2.18. The average Bonchev–Trinajstić information content (AvgIpc) is 2.45. The third-order valence-corrected chi connectivity index (χ3v) is 6.46. The number of benzene rings is 1. The first-order chi connectivity index (χ1) is 11.5. The Labute approximate surface area is 144 Å². The normalized spacial score (nSPS) is 38.9. The van der Waals surface area contributed by atoms with E-state index in [1.165, 1.54) is 0 Å². The molecule has 1 amide bonds. The minimum absolute atomic E-state index is 0.0375. The fraction of sp³-hybridized carbons (Fsp3) is 0.632. The van der Waals surface area contributed by atoms with E-state index >= 15 is 0 Å². The molecule has 4 aliphatic carbocycles. The maximum atomic E-state index is 13.9. The molecule has 25 heavy (non-hydrogen) atoms. The number of carbonyl (C=O) groups excluding carboxylic acids is 1. The first-order valence-electron chi connectivity index (χ1n) is 8.69. The van der Waals surface area contributed by atoms with Gasteiger partial charge in [-0.25, -0.2) is 17.6 Å². The predicted molar refractivity (Wildman–Crippen MR) is 84.7 cm³/mol. The van der Waals surface area contributed by atoms with Crippen LogP contribution in [0.5, 0.6) is 0 Å². The van der Waals surface area contributed by atoms with Gasteiger partial charge in [-0.05, 0) is 55.3 Å². The lowest BCUT2D eigenvalue weighted by molar-refractivity contribution is -0.165. The molecule has 0 saturated heterocycles. The van der Waals surface area contributed by atoms with Crippen LogP contribution in [0.4, 0.5) is 23.2 Å². The summed E-state index contributed by atoms with van der Waals surface area (Å²) < 4.78 is 54.7. The molecule has 0 unspecified atom stereocenters. The molecular formula is C19H21F4NO. The fourth-order valence-corrected chi connectivity index (χ4v) is 6.63. The smallest absolute Gasteiger partial charge is 0.230 e. The van der Waals surface area contributed by atoms with Gasteiger partial charge in [-0.15, -0.1) is 0 Å². The van der Waals surface area contributed by atoms with E-state index in [0.717, 1.165) is 19.3 Å². The molecule has 1 aromatic carbocycles. The Bertz CT molecular complexity index is 733. The van der Waals surface area contributed by atoms with Crippen LogP contribution in [0.1, 0.15) is 52.4 Å². The van der Waals surface area contributed by atoms with Crippen molar-refractivity contribution >= 4 is 11.6 Å². The molecule has 0 aliphatic heterocycles. The van der Waals surface area contributed by atoms with Gasteiger partial charge >= 0.3 is 0 Å². The number of rotatable bonds is 2. The van der Waals surface area contributed by atoms with Gasteiger partial charge < -0.3 is 5.32 Å². The van der Waals surface area contributed by atoms with Crippen LogP contribution in [-0.4, -0.2) is 5.91 Å². The summed E-state index contributed by atoms with van der Waals surface area (Å²) in [7, 11) is 0. The highest BCUT2D eigenvalue weighted by atomic mass is 19.2. The van der Waals surface area contributed by atoms with Gasteiger partial charge in [0, 0.05) is 6.07 Å². The molecule has 0 spiro atoms. The van der Waals surface area contributed by atoms with Gasteiger partial charge in [-0.2, -0.15) is 0 Å². The van der Waals surface area contributed by atoms with Crippen molar-refractivity contribution in [1.82, 2.24) is 0 Å². The van der Waals surface area contributed by atoms with Crippen LogP contribution in [0.15, 0.2) is 6.07 Å². The van der Waals surface area contributed by atoms with E-state index in [0.29, 0.717) is 25.2 Å². The van der Waals surface area contributed by atoms with Crippen molar-refractivity contribution in [3.63, 3.8) is 0 Å². The fourth-order valence-electron chi connectivity index (χ4n) is 6.63. The van der Waals surface area contributed by atoms with Crippen LogP contribution >= 0.6 is 0 Å². The molecule has 2 nitrogen and oxygen atoms in total. The Morgan fingerprint density at radius 3 is 1.96 bits per heavy atom. The second-order valence-electron chi connectivity index (χ2n) is 9.21. The molecule has 4 saturated carbocycles. The molecule has 0 radical (unpaired) electrons. The Morgan fingerprint density at radius 2 is 1.48 bits per heavy atom. The lowest BCUT2D eigenvalue weighted by Gasteiger charge is -2.64. The first kappa shape index (κ1) is 16.9. The third kappa shape index (κ3) is 2.48. The minimum atomic E-state index is -1.56. The minimum Gasteiger partial charge on any atom is -0.321 e. The quantitative estimate of drug-likeness (QED) is 0.575. The Hall–Kier alpha value is -1.59. The number of hydrogen-bond acceptors (Lipinski definition) is 1. The van der Waals surface area contributed by atoms with Crippen LogP contribution in [-0.2, 0) is 4.79 Å². The molecule has 4 fully saturated rings. The number of anilines is 1. The number of carbonyl (C=O) groups is 1. The van der Waals surface area contributed by atoms with E-state index in [1.807, 2.05) is 0 Å². The Morgan fingerprint density at radius 1 is 0.960 bits per heavy atom. The predicted octanol–water partition coefficient (Wildman–Crippen LogP) is 5.18. The lowest BCUT2D eigenvalue weighted by atomic mass is 9.40. The summed E-state index contributed by atoms with van der Waals surface area (Å²) in [6.07, 6.45) is 5.15. The van der Waals surface area contributed by atoms with Gasteiger partial charge in [-0.1, -0.05) is 13.8 Å². The van der Waals surface area contributed by atoms with Crippen molar-refractivity contribution < 1.29 is 22.4 Å². The van der Waals surface area contributed by atoms with E-state index < -0.39 is 40.3 Å². The van der Waals surface area contributed by atoms with Crippen LogP contribution in [0.2, 0.25) is 0 Å². The Balaban J connectivity index is 1.69. The molecule has 2 atom stereocenters. The van der Waals surface area contributed by atoms with Crippen molar-refractivity contribution in [2.24, 2.45) is 22.2 Å². The summed E-state index contributed by atoms with van der Waals surface area (Å²) in [6, 6.07) is 0.146. The van der Waals surface area contributed by atoms with E-state index in [2.05, 4.69) is 19.2 Å². The number of amides is 1. The van der Waals surface area contributed by atoms with Gasteiger partial charge in [0.05, 0.1) is 5.41 Å². The molecule has 136 valence electrons. The molecule has 5 rings (SSSR count). The Kier molecular flexibility index (Phi) is 3.36. The van der Waals surface area contributed by atoms with Crippen molar-refractivity contribution in [3.05, 3.63) is 29.3 Å². The van der Waals surface area contributed by atoms with E-state index in [9.17, 15) is 22.4 Å². The maximum Gasteiger partial charge on any atom is 0.230 e. The number of nitrogens with one attached hydrogen (secondary N) is 1. The molecule has 0 heterocycles. The summed E-state index contributed by atoms with van der Waals surface area (Å²) in [4.78, 5) is 13.0. The van der Waals surface area contributed by atoms with E-state index in [1.54, 1.807) is 0 Å². The summed E-state index contributed by atoms with van der Waals surface area (Å²) in [5.74, 6) is -6.26. The lowest BCUT2D eigenvalue weighted by Crippen LogP contribution is -2.58. The maximum absolute atomic E-state index is 13.9. The topological polar surface area (TPSA) is 29.1 Å². The van der Waals surface area contributed by atoms with Crippen LogP contribution in [0.25, 0.3) is 0 Å².